The molecule has 0 saturated carbocycles. The summed E-state index contributed by atoms with van der Waals surface area (Å²) in [5, 5.41) is 5.65. The largest absolute Gasteiger partial charge is 0.490 e. The second-order valence-electron chi connectivity index (χ2n) is 9.81. The predicted molar refractivity (Wildman–Crippen MR) is 143 cm³/mol. The molecule has 2 heterocycles. The summed E-state index contributed by atoms with van der Waals surface area (Å²) < 4.78 is 25.8. The van der Waals surface area contributed by atoms with Crippen LogP contribution in [0.3, 0.4) is 0 Å². The molecule has 0 aromatic heterocycles. The van der Waals surface area contributed by atoms with Crippen LogP contribution in [0.2, 0.25) is 0 Å². The van der Waals surface area contributed by atoms with Crippen molar-refractivity contribution in [3.8, 4) is 5.75 Å². The Balaban J connectivity index is 1.23. The van der Waals surface area contributed by atoms with Gasteiger partial charge in [-0.15, -0.1) is 0 Å². The van der Waals surface area contributed by atoms with Crippen molar-refractivity contribution in [2.45, 2.75) is 44.1 Å². The summed E-state index contributed by atoms with van der Waals surface area (Å²) in [6, 6.07) is 19.7. The Bertz CT molecular complexity index is 1370. The summed E-state index contributed by atoms with van der Waals surface area (Å²) in [5.74, 6) is -0.965. The van der Waals surface area contributed by atoms with Crippen molar-refractivity contribution in [2.24, 2.45) is 0 Å². The number of halogens is 1. The van der Waals surface area contributed by atoms with E-state index < -0.39 is 11.7 Å². The highest BCUT2D eigenvalue weighted by Crippen LogP contribution is 2.32. The molecular formula is C30H30FN3O5. The van der Waals surface area contributed by atoms with Crippen LogP contribution in [0.5, 0.6) is 5.75 Å². The number of rotatable bonds is 6. The van der Waals surface area contributed by atoms with Crippen LogP contribution >= 0.6 is 0 Å². The van der Waals surface area contributed by atoms with Crippen LogP contribution in [-0.4, -0.2) is 54.5 Å². The fourth-order valence-electron chi connectivity index (χ4n) is 5.01. The average Bonchev–Trinajstić information content (AvgIpc) is 2.94. The Kier molecular flexibility index (Phi) is 7.88. The summed E-state index contributed by atoms with van der Waals surface area (Å²) >= 11 is 0. The minimum Gasteiger partial charge on any atom is -0.490 e. The van der Waals surface area contributed by atoms with Gasteiger partial charge in [0.05, 0.1) is 24.1 Å². The lowest BCUT2D eigenvalue weighted by atomic mass is 9.94. The Morgan fingerprint density at radius 1 is 1.03 bits per heavy atom. The minimum absolute atomic E-state index is 0.0864. The fraction of sp³-hybridized carbons (Fsp3) is 0.300. The number of nitrogens with one attached hydrogen (secondary N) is 2. The number of anilines is 1. The van der Waals surface area contributed by atoms with Gasteiger partial charge in [-0.1, -0.05) is 36.4 Å². The molecule has 3 aromatic rings. The van der Waals surface area contributed by atoms with E-state index in [9.17, 15) is 18.8 Å². The molecule has 202 valence electrons. The van der Waals surface area contributed by atoms with Gasteiger partial charge >= 0.3 is 0 Å². The van der Waals surface area contributed by atoms with E-state index in [2.05, 4.69) is 10.6 Å². The minimum atomic E-state index is -0.509. The molecule has 3 amide bonds. The molecule has 2 aliphatic rings. The molecule has 2 aliphatic heterocycles. The summed E-state index contributed by atoms with van der Waals surface area (Å²) in [4.78, 5) is 40.2. The molecule has 1 fully saturated rings. The van der Waals surface area contributed by atoms with Gasteiger partial charge in [0.15, 0.2) is 0 Å². The maximum atomic E-state index is 13.5. The predicted octanol–water partition coefficient (Wildman–Crippen LogP) is 4.17. The molecule has 3 atom stereocenters. The summed E-state index contributed by atoms with van der Waals surface area (Å²) in [6.45, 7) is 0.673. The van der Waals surface area contributed by atoms with Gasteiger partial charge in [-0.3, -0.25) is 14.4 Å². The van der Waals surface area contributed by atoms with Crippen LogP contribution in [0.25, 0.3) is 0 Å². The van der Waals surface area contributed by atoms with Gasteiger partial charge in [-0.25, -0.2) is 4.39 Å². The number of ether oxygens (including phenoxy) is 2. The first-order chi connectivity index (χ1) is 18.9. The lowest BCUT2D eigenvalue weighted by Gasteiger charge is -2.42. The van der Waals surface area contributed by atoms with Gasteiger partial charge in [-0.2, -0.15) is 0 Å². The van der Waals surface area contributed by atoms with Gasteiger partial charge in [0.1, 0.15) is 24.3 Å². The molecule has 2 N–H and O–H groups in total. The molecule has 0 bridgehead atoms. The van der Waals surface area contributed by atoms with Crippen LogP contribution < -0.4 is 15.4 Å². The average molecular weight is 532 g/mol. The molecular weight excluding hydrogens is 501 g/mol. The second-order valence-corrected chi connectivity index (χ2v) is 9.81. The highest BCUT2D eigenvalue weighted by Gasteiger charge is 2.39. The van der Waals surface area contributed by atoms with E-state index in [1.165, 1.54) is 18.2 Å². The maximum Gasteiger partial charge on any atom is 0.257 e. The first kappa shape index (κ1) is 26.4. The molecule has 0 aliphatic carbocycles. The molecule has 1 saturated heterocycles. The smallest absolute Gasteiger partial charge is 0.257 e. The molecule has 5 rings (SSSR count). The standard InChI is InChI=1S/C30H30FN3O5/c1-34-25-12-11-23(16-28(35)32-17-19-6-3-2-4-7-19)39-27(25)18-38-26-13-10-22(15-24(26)30(34)37)33-29(36)20-8-5-9-21(31)14-20/h2-10,13-15,23,25,27H,11-12,16-18H2,1H3,(H,32,35)(H,33,36)/t23-,25+,27+/m1/s1. The number of benzene rings is 3. The highest BCUT2D eigenvalue weighted by molar-refractivity contribution is 6.05. The van der Waals surface area contributed by atoms with E-state index in [4.69, 9.17) is 9.47 Å². The normalized spacial score (nSPS) is 20.5. The zero-order valence-corrected chi connectivity index (χ0v) is 21.6. The van der Waals surface area contributed by atoms with E-state index in [1.807, 2.05) is 30.3 Å². The number of likely N-dealkylation sites (N-methyl/N-ethyl adjacent to an activating group) is 1. The molecule has 0 unspecified atom stereocenters. The van der Waals surface area contributed by atoms with Gasteiger partial charge in [0.25, 0.3) is 11.8 Å². The van der Waals surface area contributed by atoms with E-state index in [0.717, 1.165) is 11.6 Å². The Morgan fingerprint density at radius 2 is 1.85 bits per heavy atom. The monoisotopic (exact) mass is 531 g/mol. The van der Waals surface area contributed by atoms with Crippen molar-refractivity contribution in [1.29, 1.82) is 0 Å². The van der Waals surface area contributed by atoms with Gasteiger partial charge in [0.2, 0.25) is 5.91 Å². The zero-order chi connectivity index (χ0) is 27.4. The van der Waals surface area contributed by atoms with Gasteiger partial charge in [0, 0.05) is 24.8 Å². The van der Waals surface area contributed by atoms with Crippen LogP contribution in [0.15, 0.2) is 72.8 Å². The molecule has 8 nitrogen and oxygen atoms in total. The van der Waals surface area contributed by atoms with E-state index >= 15 is 0 Å². The van der Waals surface area contributed by atoms with Crippen molar-refractivity contribution in [3.63, 3.8) is 0 Å². The number of hydrogen-bond acceptors (Lipinski definition) is 5. The Hall–Kier alpha value is -4.24. The fourth-order valence-corrected chi connectivity index (χ4v) is 5.01. The SMILES string of the molecule is CN1C(=O)c2cc(NC(=O)c3cccc(F)c3)ccc2OC[C@@H]2O[C@@H](CC(=O)NCc3ccccc3)CC[C@@H]21. The quantitative estimate of drug-likeness (QED) is 0.498. The number of carbonyl (C=O) groups excluding carboxylic acids is 3. The Labute approximate surface area is 226 Å². The van der Waals surface area contributed by atoms with Crippen LogP contribution in [0.4, 0.5) is 10.1 Å². The van der Waals surface area contributed by atoms with Crippen molar-refractivity contribution >= 4 is 23.4 Å². The zero-order valence-electron chi connectivity index (χ0n) is 21.6. The van der Waals surface area contributed by atoms with Crippen molar-refractivity contribution < 1.29 is 28.2 Å². The lowest BCUT2D eigenvalue weighted by Crippen LogP contribution is -2.53. The van der Waals surface area contributed by atoms with Crippen LogP contribution in [0, 0.1) is 5.82 Å². The number of carbonyl (C=O) groups is 3. The van der Waals surface area contributed by atoms with Crippen molar-refractivity contribution in [3.05, 3.63) is 95.3 Å². The van der Waals surface area contributed by atoms with E-state index in [1.54, 1.807) is 30.1 Å². The van der Waals surface area contributed by atoms with Crippen LogP contribution in [0.1, 0.15) is 45.5 Å². The van der Waals surface area contributed by atoms with Crippen molar-refractivity contribution in [1.82, 2.24) is 10.2 Å². The third-order valence-corrected chi connectivity index (χ3v) is 7.10. The third kappa shape index (κ3) is 6.26. The lowest BCUT2D eigenvalue weighted by molar-refractivity contribution is -0.134. The first-order valence-corrected chi connectivity index (χ1v) is 12.9. The summed E-state index contributed by atoms with van der Waals surface area (Å²) in [7, 11) is 1.73. The third-order valence-electron chi connectivity index (χ3n) is 7.10. The van der Waals surface area contributed by atoms with E-state index in [-0.39, 0.29) is 48.7 Å². The highest BCUT2D eigenvalue weighted by atomic mass is 19.1. The topological polar surface area (TPSA) is 97.0 Å². The van der Waals surface area contributed by atoms with Gasteiger partial charge in [-0.05, 0) is 54.8 Å². The number of hydrogen-bond donors (Lipinski definition) is 2. The number of nitrogens with zero attached hydrogens (tertiary/aromatic N) is 1. The maximum absolute atomic E-state index is 13.5. The molecule has 3 aromatic carbocycles. The molecule has 39 heavy (non-hydrogen) atoms. The van der Waals surface area contributed by atoms with Crippen molar-refractivity contribution in [2.75, 3.05) is 19.0 Å². The molecule has 9 heteroatoms. The van der Waals surface area contributed by atoms with Crippen LogP contribution in [-0.2, 0) is 16.1 Å². The number of amides is 3. The second kappa shape index (κ2) is 11.7. The Morgan fingerprint density at radius 3 is 2.64 bits per heavy atom. The molecule has 0 spiro atoms. The summed E-state index contributed by atoms with van der Waals surface area (Å²) in [5.41, 5.74) is 1.91. The molecule has 0 radical (unpaired) electrons. The number of fused-ring (bicyclic) bond motifs is 2. The van der Waals surface area contributed by atoms with Gasteiger partial charge < -0.3 is 25.0 Å². The summed E-state index contributed by atoms with van der Waals surface area (Å²) in [6.07, 6.45) is 0.874. The first-order valence-electron chi connectivity index (χ1n) is 12.9. The van der Waals surface area contributed by atoms with E-state index in [0.29, 0.717) is 36.4 Å².